The van der Waals surface area contributed by atoms with Gasteiger partial charge < -0.3 is 10.8 Å². The first-order valence-corrected chi connectivity index (χ1v) is 9.27. The van der Waals surface area contributed by atoms with Crippen molar-refractivity contribution in [1.82, 2.24) is 0 Å². The van der Waals surface area contributed by atoms with E-state index >= 15 is 0 Å². The minimum atomic E-state index is 0. The highest BCUT2D eigenvalue weighted by atomic mass is 16.0. The first-order valence-electron chi connectivity index (χ1n) is 9.27. The fourth-order valence-electron chi connectivity index (χ4n) is 2.71. The summed E-state index contributed by atoms with van der Waals surface area (Å²) >= 11 is 0. The molecule has 0 saturated carbocycles. The second-order valence-corrected chi connectivity index (χ2v) is 6.68. The van der Waals surface area contributed by atoms with E-state index in [2.05, 4.69) is 65.8 Å². The Morgan fingerprint density at radius 2 is 1.64 bits per heavy atom. The van der Waals surface area contributed by atoms with Crippen LogP contribution >= 0.6 is 0 Å². The Kier molecular flexibility index (Phi) is 8.12. The van der Waals surface area contributed by atoms with E-state index < -0.39 is 0 Å². The quantitative estimate of drug-likeness (QED) is 0.566. The van der Waals surface area contributed by atoms with Crippen molar-refractivity contribution in [2.75, 3.05) is 11.9 Å². The topological polar surface area (TPSA) is 68.2 Å². The molecule has 0 fully saturated rings. The summed E-state index contributed by atoms with van der Waals surface area (Å²) < 4.78 is 0. The molecule has 4 nitrogen and oxygen atoms in total. The number of anilines is 1. The van der Waals surface area contributed by atoms with Gasteiger partial charge in [0.05, 0.1) is 11.9 Å². The Balaban J connectivity index is 0.00000280. The van der Waals surface area contributed by atoms with Crippen molar-refractivity contribution in [2.45, 2.75) is 19.8 Å². The molecule has 0 unspecified atom stereocenters. The van der Waals surface area contributed by atoms with Gasteiger partial charge in [0.15, 0.2) is 0 Å². The molecule has 0 bridgehead atoms. The molecule has 2 aromatic rings. The second kappa shape index (κ2) is 10.8. The van der Waals surface area contributed by atoms with Crippen molar-refractivity contribution in [1.29, 1.82) is 0 Å². The molecule has 28 heavy (non-hydrogen) atoms. The minimum Gasteiger partial charge on any atom is -0.412 e. The van der Waals surface area contributed by atoms with Crippen LogP contribution in [0.15, 0.2) is 101 Å². The van der Waals surface area contributed by atoms with Crippen LogP contribution in [0.3, 0.4) is 0 Å². The average molecular weight is 374 g/mol. The molecule has 0 heterocycles. The van der Waals surface area contributed by atoms with Crippen LogP contribution in [0.25, 0.3) is 0 Å². The predicted molar refractivity (Wildman–Crippen MR) is 120 cm³/mol. The van der Waals surface area contributed by atoms with Gasteiger partial charge in [-0.05, 0) is 40.8 Å². The first kappa shape index (κ1) is 21.1. The molecule has 2 aromatic carbocycles. The number of nitrogens with one attached hydrogen (secondary N) is 1. The SMILES string of the molecule is CC(C)c1ccc(NC\C=C2/C=CC=C/C2=N/N=C/c2ccccc2)cc1.O. The van der Waals surface area contributed by atoms with E-state index in [1.165, 1.54) is 5.56 Å². The average Bonchev–Trinajstić information content (AvgIpc) is 2.70. The highest BCUT2D eigenvalue weighted by Crippen LogP contribution is 2.17. The van der Waals surface area contributed by atoms with Gasteiger partial charge in [-0.1, -0.05) is 80.6 Å². The maximum Gasteiger partial charge on any atom is 0.0926 e. The lowest BCUT2D eigenvalue weighted by molar-refractivity contribution is 0.824. The lowest BCUT2D eigenvalue weighted by Crippen LogP contribution is -2.05. The van der Waals surface area contributed by atoms with Crippen molar-refractivity contribution in [3.8, 4) is 0 Å². The van der Waals surface area contributed by atoms with Crippen LogP contribution in [-0.2, 0) is 0 Å². The third-order valence-corrected chi connectivity index (χ3v) is 4.31. The van der Waals surface area contributed by atoms with Crippen molar-refractivity contribution in [2.24, 2.45) is 10.2 Å². The van der Waals surface area contributed by atoms with Gasteiger partial charge in [0.1, 0.15) is 0 Å². The van der Waals surface area contributed by atoms with Gasteiger partial charge in [0.2, 0.25) is 0 Å². The first-order chi connectivity index (χ1) is 13.2. The molecule has 3 rings (SSSR count). The zero-order valence-electron chi connectivity index (χ0n) is 16.3. The van der Waals surface area contributed by atoms with E-state index in [0.717, 1.165) is 29.1 Å². The van der Waals surface area contributed by atoms with E-state index in [0.29, 0.717) is 5.92 Å². The predicted octanol–water partition coefficient (Wildman–Crippen LogP) is 4.92. The lowest BCUT2D eigenvalue weighted by Gasteiger charge is -2.09. The van der Waals surface area contributed by atoms with Crippen LogP contribution in [0.2, 0.25) is 0 Å². The molecule has 0 aliphatic heterocycles. The highest BCUT2D eigenvalue weighted by molar-refractivity contribution is 6.11. The summed E-state index contributed by atoms with van der Waals surface area (Å²) in [6, 6.07) is 18.6. The molecule has 3 N–H and O–H groups in total. The van der Waals surface area contributed by atoms with Crippen LogP contribution in [0.4, 0.5) is 5.69 Å². The summed E-state index contributed by atoms with van der Waals surface area (Å²) in [5.74, 6) is 0.551. The summed E-state index contributed by atoms with van der Waals surface area (Å²) in [7, 11) is 0. The Labute approximate surface area is 167 Å². The third-order valence-electron chi connectivity index (χ3n) is 4.31. The monoisotopic (exact) mass is 373 g/mol. The smallest absolute Gasteiger partial charge is 0.0926 e. The maximum atomic E-state index is 4.37. The summed E-state index contributed by atoms with van der Waals surface area (Å²) in [6.07, 6.45) is 11.9. The molecule has 4 heteroatoms. The third kappa shape index (κ3) is 6.18. The standard InChI is InChI=1S/C24H25N3.H2O/c1-19(2)21-12-14-23(15-13-21)25-17-16-22-10-6-7-11-24(22)27-26-18-20-8-4-3-5-9-20;/h3-16,18-19,25H,17H2,1-2H3;1H2/b22-16+,26-18+,27-24-;. The van der Waals surface area contributed by atoms with Gasteiger partial charge >= 0.3 is 0 Å². The van der Waals surface area contributed by atoms with E-state index in [4.69, 9.17) is 0 Å². The van der Waals surface area contributed by atoms with Crippen LogP contribution in [0.1, 0.15) is 30.9 Å². The fraction of sp³-hybridized carbons (Fsp3) is 0.167. The Morgan fingerprint density at radius 1 is 0.929 bits per heavy atom. The van der Waals surface area contributed by atoms with Crippen LogP contribution in [-0.4, -0.2) is 23.9 Å². The molecular weight excluding hydrogens is 346 g/mol. The van der Waals surface area contributed by atoms with E-state index in [-0.39, 0.29) is 5.48 Å². The summed E-state index contributed by atoms with van der Waals surface area (Å²) in [4.78, 5) is 0. The molecule has 0 saturated heterocycles. The molecule has 0 atom stereocenters. The molecule has 1 aliphatic carbocycles. The largest absolute Gasteiger partial charge is 0.412 e. The van der Waals surface area contributed by atoms with Gasteiger partial charge in [0.25, 0.3) is 0 Å². The number of hydrogen-bond donors (Lipinski definition) is 1. The van der Waals surface area contributed by atoms with Crippen LogP contribution < -0.4 is 5.32 Å². The summed E-state index contributed by atoms with van der Waals surface area (Å²) in [6.45, 7) is 5.14. The second-order valence-electron chi connectivity index (χ2n) is 6.68. The van der Waals surface area contributed by atoms with Crippen LogP contribution in [0.5, 0.6) is 0 Å². The molecule has 144 valence electrons. The van der Waals surface area contributed by atoms with Gasteiger partial charge in [-0.2, -0.15) is 10.2 Å². The molecule has 0 spiro atoms. The zero-order valence-corrected chi connectivity index (χ0v) is 16.3. The van der Waals surface area contributed by atoms with Gasteiger partial charge in [0, 0.05) is 12.2 Å². The lowest BCUT2D eigenvalue weighted by atomic mass is 10.0. The number of rotatable bonds is 6. The zero-order chi connectivity index (χ0) is 18.9. The van der Waals surface area contributed by atoms with Gasteiger partial charge in [-0.15, -0.1) is 0 Å². The minimum absolute atomic E-state index is 0. The molecular formula is C24H27N3O. The number of benzene rings is 2. The van der Waals surface area contributed by atoms with Gasteiger partial charge in [-0.3, -0.25) is 0 Å². The van der Waals surface area contributed by atoms with Gasteiger partial charge in [-0.25, -0.2) is 0 Å². The highest BCUT2D eigenvalue weighted by Gasteiger charge is 2.03. The molecule has 0 radical (unpaired) electrons. The summed E-state index contributed by atoms with van der Waals surface area (Å²) in [5.41, 5.74) is 5.43. The van der Waals surface area contributed by atoms with E-state index in [1.807, 2.05) is 48.6 Å². The number of allylic oxidation sites excluding steroid dienone is 5. The normalized spacial score (nSPS) is 16.1. The molecule has 1 aliphatic rings. The molecule has 0 aromatic heterocycles. The Hall–Kier alpha value is -3.24. The van der Waals surface area contributed by atoms with Crippen molar-refractivity contribution in [3.63, 3.8) is 0 Å². The Morgan fingerprint density at radius 3 is 2.36 bits per heavy atom. The van der Waals surface area contributed by atoms with E-state index in [9.17, 15) is 0 Å². The molecule has 0 amide bonds. The van der Waals surface area contributed by atoms with Crippen LogP contribution in [0, 0.1) is 0 Å². The summed E-state index contributed by atoms with van der Waals surface area (Å²) in [5, 5.41) is 12.0. The maximum absolute atomic E-state index is 4.37. The van der Waals surface area contributed by atoms with E-state index in [1.54, 1.807) is 6.21 Å². The van der Waals surface area contributed by atoms with Crippen molar-refractivity contribution >= 4 is 17.6 Å². The fourth-order valence-corrected chi connectivity index (χ4v) is 2.71. The van der Waals surface area contributed by atoms with Crippen molar-refractivity contribution < 1.29 is 5.48 Å². The Bertz CT molecular complexity index is 889. The van der Waals surface area contributed by atoms with Crippen molar-refractivity contribution in [3.05, 3.63) is 102 Å². The number of nitrogens with zero attached hydrogens (tertiary/aromatic N) is 2. The number of hydrogen-bond acceptors (Lipinski definition) is 3.